The van der Waals surface area contributed by atoms with Gasteiger partial charge in [-0.3, -0.25) is 0 Å². The van der Waals surface area contributed by atoms with Crippen molar-refractivity contribution in [1.82, 2.24) is 0 Å². The van der Waals surface area contributed by atoms with Crippen LogP contribution in [0.25, 0.3) is 0 Å². The van der Waals surface area contributed by atoms with Crippen molar-refractivity contribution < 1.29 is 5.11 Å². The number of benzene rings is 2. The van der Waals surface area contributed by atoms with E-state index in [0.717, 1.165) is 25.7 Å². The lowest BCUT2D eigenvalue weighted by Gasteiger charge is -2.34. The summed E-state index contributed by atoms with van der Waals surface area (Å²) in [6.45, 7) is 4.28. The van der Waals surface area contributed by atoms with Crippen molar-refractivity contribution in [2.75, 3.05) is 0 Å². The predicted octanol–water partition coefficient (Wildman–Crippen LogP) is 3.77. The fraction of sp³-hybridized carbons (Fsp3) is 0.368. The Morgan fingerprint density at radius 3 is 2.30 bits per heavy atom. The zero-order valence-electron chi connectivity index (χ0n) is 12.3. The maximum absolute atomic E-state index is 11.0. The van der Waals surface area contributed by atoms with Crippen LogP contribution in [0.2, 0.25) is 0 Å². The summed E-state index contributed by atoms with van der Waals surface area (Å²) in [7, 11) is 0. The number of fused-ring (bicyclic) bond motifs is 1. The Labute approximate surface area is 121 Å². The lowest BCUT2D eigenvalue weighted by atomic mass is 9.76. The molecule has 3 rings (SSSR count). The summed E-state index contributed by atoms with van der Waals surface area (Å²) in [5, 5.41) is 11.0. The van der Waals surface area contributed by atoms with Crippen LogP contribution in [0.15, 0.2) is 42.5 Å². The fourth-order valence-electron chi connectivity index (χ4n) is 3.39. The van der Waals surface area contributed by atoms with Gasteiger partial charge in [0, 0.05) is 12.8 Å². The molecule has 0 fully saturated rings. The number of aliphatic hydroxyl groups is 1. The number of rotatable bonds is 2. The molecule has 1 heteroatoms. The van der Waals surface area contributed by atoms with Crippen LogP contribution >= 0.6 is 0 Å². The second kappa shape index (κ2) is 5.06. The van der Waals surface area contributed by atoms with Gasteiger partial charge in [-0.05, 0) is 54.5 Å². The van der Waals surface area contributed by atoms with Crippen LogP contribution in [0, 0.1) is 13.8 Å². The van der Waals surface area contributed by atoms with E-state index in [1.807, 2.05) is 0 Å². The summed E-state index contributed by atoms with van der Waals surface area (Å²) in [6, 6.07) is 14.9. The lowest BCUT2D eigenvalue weighted by molar-refractivity contribution is 0.0264. The third-order valence-electron chi connectivity index (χ3n) is 4.65. The maximum Gasteiger partial charge on any atom is 0.0731 e. The Balaban J connectivity index is 1.88. The molecule has 1 unspecified atom stereocenters. The molecule has 0 amide bonds. The van der Waals surface area contributed by atoms with Gasteiger partial charge in [-0.15, -0.1) is 0 Å². The smallest absolute Gasteiger partial charge is 0.0731 e. The summed E-state index contributed by atoms with van der Waals surface area (Å²) in [5.41, 5.74) is 6.01. The van der Waals surface area contributed by atoms with Gasteiger partial charge in [0.25, 0.3) is 0 Å². The Kier molecular flexibility index (Phi) is 3.39. The van der Waals surface area contributed by atoms with E-state index < -0.39 is 5.60 Å². The normalized spacial score (nSPS) is 21.6. The zero-order chi connectivity index (χ0) is 14.2. The van der Waals surface area contributed by atoms with Crippen molar-refractivity contribution in [2.45, 2.75) is 45.1 Å². The zero-order valence-corrected chi connectivity index (χ0v) is 12.3. The first-order chi connectivity index (χ1) is 9.57. The minimum Gasteiger partial charge on any atom is -0.389 e. The van der Waals surface area contributed by atoms with Crippen molar-refractivity contribution in [1.29, 1.82) is 0 Å². The second-order valence-corrected chi connectivity index (χ2v) is 6.22. The Bertz CT molecular complexity index is 609. The molecule has 0 heterocycles. The van der Waals surface area contributed by atoms with Crippen LogP contribution in [0.4, 0.5) is 0 Å². The molecule has 1 aliphatic carbocycles. The summed E-state index contributed by atoms with van der Waals surface area (Å²) < 4.78 is 0. The van der Waals surface area contributed by atoms with Crippen molar-refractivity contribution in [2.24, 2.45) is 0 Å². The third-order valence-corrected chi connectivity index (χ3v) is 4.65. The molecule has 1 atom stereocenters. The lowest BCUT2D eigenvalue weighted by Crippen LogP contribution is -2.38. The minimum absolute atomic E-state index is 0.592. The molecular weight excluding hydrogens is 244 g/mol. The molecule has 20 heavy (non-hydrogen) atoms. The van der Waals surface area contributed by atoms with Crippen LogP contribution in [0.1, 0.15) is 34.2 Å². The Hall–Kier alpha value is -1.60. The third kappa shape index (κ3) is 2.51. The first-order valence-corrected chi connectivity index (χ1v) is 7.42. The van der Waals surface area contributed by atoms with E-state index >= 15 is 0 Å². The highest BCUT2D eigenvalue weighted by Crippen LogP contribution is 2.32. The van der Waals surface area contributed by atoms with Gasteiger partial charge in [0.2, 0.25) is 0 Å². The van der Waals surface area contributed by atoms with Gasteiger partial charge in [-0.25, -0.2) is 0 Å². The van der Waals surface area contributed by atoms with Gasteiger partial charge in [0.1, 0.15) is 0 Å². The van der Waals surface area contributed by atoms with E-state index in [1.165, 1.54) is 27.8 Å². The largest absolute Gasteiger partial charge is 0.389 e. The van der Waals surface area contributed by atoms with Crippen LogP contribution in [0.5, 0.6) is 0 Å². The molecule has 1 N–H and O–H groups in total. The standard InChI is InChI=1S/C19H22O/c1-14-6-5-7-15(2)18(14)13-19(20)11-10-16-8-3-4-9-17(16)12-19/h3-9,20H,10-13H2,1-2H3. The molecule has 2 aromatic carbocycles. The van der Waals surface area contributed by atoms with Crippen molar-refractivity contribution >= 4 is 0 Å². The predicted molar refractivity (Wildman–Crippen MR) is 83.0 cm³/mol. The summed E-state index contributed by atoms with van der Waals surface area (Å²) in [4.78, 5) is 0. The van der Waals surface area contributed by atoms with E-state index in [-0.39, 0.29) is 0 Å². The van der Waals surface area contributed by atoms with Crippen LogP contribution in [-0.4, -0.2) is 10.7 Å². The highest BCUT2D eigenvalue weighted by atomic mass is 16.3. The first-order valence-electron chi connectivity index (χ1n) is 7.42. The monoisotopic (exact) mass is 266 g/mol. The van der Waals surface area contributed by atoms with Gasteiger partial charge in [-0.1, -0.05) is 42.5 Å². The molecule has 0 spiro atoms. The number of aryl methyl sites for hydroxylation is 3. The second-order valence-electron chi connectivity index (χ2n) is 6.22. The van der Waals surface area contributed by atoms with Gasteiger partial charge in [0.05, 0.1) is 5.60 Å². The highest BCUT2D eigenvalue weighted by molar-refractivity contribution is 5.37. The molecule has 0 radical (unpaired) electrons. The molecule has 0 bridgehead atoms. The molecule has 0 saturated heterocycles. The summed E-state index contributed by atoms with van der Waals surface area (Å²) >= 11 is 0. The molecule has 1 aliphatic rings. The van der Waals surface area contributed by atoms with Crippen LogP contribution in [0.3, 0.4) is 0 Å². The summed E-state index contributed by atoms with van der Waals surface area (Å²) in [5.74, 6) is 0. The van der Waals surface area contributed by atoms with Crippen molar-refractivity contribution in [3.05, 3.63) is 70.3 Å². The topological polar surface area (TPSA) is 20.2 Å². The molecule has 2 aromatic rings. The molecule has 0 aliphatic heterocycles. The molecular formula is C19H22O. The highest BCUT2D eigenvalue weighted by Gasteiger charge is 2.32. The van der Waals surface area contributed by atoms with E-state index in [2.05, 4.69) is 56.3 Å². The van der Waals surface area contributed by atoms with Gasteiger partial charge in [-0.2, -0.15) is 0 Å². The Morgan fingerprint density at radius 1 is 0.950 bits per heavy atom. The molecule has 104 valence electrons. The fourth-order valence-corrected chi connectivity index (χ4v) is 3.39. The molecule has 0 aromatic heterocycles. The number of hydrogen-bond acceptors (Lipinski definition) is 1. The maximum atomic E-state index is 11.0. The van der Waals surface area contributed by atoms with Crippen LogP contribution in [-0.2, 0) is 19.3 Å². The summed E-state index contributed by atoms with van der Waals surface area (Å²) in [6.07, 6.45) is 3.38. The SMILES string of the molecule is Cc1cccc(C)c1CC1(O)CCc2ccccc2C1. The first kappa shape index (κ1) is 13.4. The van der Waals surface area contributed by atoms with E-state index in [4.69, 9.17) is 0 Å². The number of hydrogen-bond donors (Lipinski definition) is 1. The average Bonchev–Trinajstić information content (AvgIpc) is 2.43. The van der Waals surface area contributed by atoms with Gasteiger partial charge >= 0.3 is 0 Å². The molecule has 1 nitrogen and oxygen atoms in total. The minimum atomic E-state index is -0.592. The average molecular weight is 266 g/mol. The quantitative estimate of drug-likeness (QED) is 0.877. The van der Waals surface area contributed by atoms with E-state index in [0.29, 0.717) is 0 Å². The van der Waals surface area contributed by atoms with Gasteiger partial charge in [0.15, 0.2) is 0 Å². The van der Waals surface area contributed by atoms with Crippen molar-refractivity contribution in [3.8, 4) is 0 Å². The van der Waals surface area contributed by atoms with Crippen LogP contribution < -0.4 is 0 Å². The Morgan fingerprint density at radius 2 is 1.60 bits per heavy atom. The van der Waals surface area contributed by atoms with E-state index in [9.17, 15) is 5.11 Å². The van der Waals surface area contributed by atoms with E-state index in [1.54, 1.807) is 0 Å². The molecule has 0 saturated carbocycles. The van der Waals surface area contributed by atoms with Crippen molar-refractivity contribution in [3.63, 3.8) is 0 Å². The van der Waals surface area contributed by atoms with Gasteiger partial charge < -0.3 is 5.11 Å².